The van der Waals surface area contributed by atoms with Gasteiger partial charge in [0.1, 0.15) is 12.3 Å². The number of amides is 1. The summed E-state index contributed by atoms with van der Waals surface area (Å²) in [6.45, 7) is 11.8. The quantitative estimate of drug-likeness (QED) is 0.282. The Balaban J connectivity index is 2.17. The van der Waals surface area contributed by atoms with Crippen LogP contribution in [0, 0.1) is 18.8 Å². The van der Waals surface area contributed by atoms with Gasteiger partial charge in [-0.25, -0.2) is 4.79 Å². The van der Waals surface area contributed by atoms with E-state index in [1.54, 1.807) is 10.7 Å². The van der Waals surface area contributed by atoms with Gasteiger partial charge in [-0.3, -0.25) is 14.3 Å². The summed E-state index contributed by atoms with van der Waals surface area (Å²) in [5.41, 5.74) is 1.22. The van der Waals surface area contributed by atoms with Gasteiger partial charge in [-0.1, -0.05) is 33.4 Å². The number of esters is 1. The van der Waals surface area contributed by atoms with Gasteiger partial charge in [0.25, 0.3) is 0 Å². The largest absolute Gasteiger partial charge is 0.458 e. The van der Waals surface area contributed by atoms with Crippen molar-refractivity contribution in [2.45, 2.75) is 59.4 Å². The van der Waals surface area contributed by atoms with Gasteiger partial charge in [-0.2, -0.15) is 5.10 Å². The van der Waals surface area contributed by atoms with E-state index in [-0.39, 0.29) is 30.6 Å². The van der Waals surface area contributed by atoms with Crippen molar-refractivity contribution in [3.8, 4) is 0 Å². The second kappa shape index (κ2) is 9.14. The lowest BCUT2D eigenvalue weighted by Crippen LogP contribution is -2.68. The van der Waals surface area contributed by atoms with E-state index >= 15 is 0 Å². The number of hydrogen-bond donors (Lipinski definition) is 1. The maximum absolute atomic E-state index is 12.8. The Morgan fingerprint density at radius 3 is 2.68 bits per heavy atom. The fraction of sp³-hybridized carbons (Fsp3) is 0.600. The SMILES string of the molecule is C=CCOC(=O)C(O)N1C(=O)[C@H](C(C)C)[C@H]1CC(=O)c1cc(C)n(CCC)n1. The molecule has 0 bridgehead atoms. The van der Waals surface area contributed by atoms with Crippen molar-refractivity contribution in [3.05, 3.63) is 30.1 Å². The molecule has 0 aliphatic carbocycles. The van der Waals surface area contributed by atoms with Gasteiger partial charge in [0.2, 0.25) is 12.1 Å². The summed E-state index contributed by atoms with van der Waals surface area (Å²) < 4.78 is 6.61. The molecule has 1 aromatic rings. The summed E-state index contributed by atoms with van der Waals surface area (Å²) in [6.07, 6.45) is 0.521. The second-order valence-electron chi connectivity index (χ2n) is 7.40. The first-order valence-electron chi connectivity index (χ1n) is 9.58. The zero-order chi connectivity index (χ0) is 21.0. The van der Waals surface area contributed by atoms with Crippen molar-refractivity contribution in [1.82, 2.24) is 14.7 Å². The molecule has 1 aromatic heterocycles. The molecule has 1 aliphatic rings. The molecule has 2 heterocycles. The molecule has 0 spiro atoms. The number of hydrogen-bond acceptors (Lipinski definition) is 6. The van der Waals surface area contributed by atoms with Crippen LogP contribution in [0.4, 0.5) is 0 Å². The number of likely N-dealkylation sites (tertiary alicyclic amines) is 1. The average molecular weight is 391 g/mol. The van der Waals surface area contributed by atoms with Crippen LogP contribution in [0.5, 0.6) is 0 Å². The van der Waals surface area contributed by atoms with Crippen LogP contribution in [0.3, 0.4) is 0 Å². The number of nitrogens with zero attached hydrogens (tertiary/aromatic N) is 3. The second-order valence-corrected chi connectivity index (χ2v) is 7.40. The smallest absolute Gasteiger partial charge is 0.356 e. The van der Waals surface area contributed by atoms with E-state index in [0.717, 1.165) is 23.6 Å². The minimum absolute atomic E-state index is 0.0109. The zero-order valence-corrected chi connectivity index (χ0v) is 16.9. The number of aliphatic hydroxyl groups is 1. The number of aromatic nitrogens is 2. The molecule has 1 unspecified atom stereocenters. The van der Waals surface area contributed by atoms with Crippen molar-refractivity contribution < 1.29 is 24.2 Å². The Morgan fingerprint density at radius 2 is 2.11 bits per heavy atom. The third-order valence-electron chi connectivity index (χ3n) is 4.94. The molecular weight excluding hydrogens is 362 g/mol. The molecule has 2 rings (SSSR count). The summed E-state index contributed by atoms with van der Waals surface area (Å²) in [5, 5.41) is 14.6. The van der Waals surface area contributed by atoms with Gasteiger partial charge in [0.15, 0.2) is 5.78 Å². The maximum atomic E-state index is 12.8. The van der Waals surface area contributed by atoms with Crippen LogP contribution in [0.1, 0.15) is 49.8 Å². The van der Waals surface area contributed by atoms with Crippen LogP contribution < -0.4 is 0 Å². The van der Waals surface area contributed by atoms with Crippen molar-refractivity contribution in [2.24, 2.45) is 11.8 Å². The lowest BCUT2D eigenvalue weighted by atomic mass is 9.76. The van der Waals surface area contributed by atoms with Gasteiger partial charge < -0.3 is 14.7 Å². The number of carbonyl (C=O) groups is 3. The highest BCUT2D eigenvalue weighted by atomic mass is 16.5. The normalized spacial score (nSPS) is 20.1. The first-order chi connectivity index (χ1) is 13.2. The molecule has 8 heteroatoms. The summed E-state index contributed by atoms with van der Waals surface area (Å²) >= 11 is 0. The molecule has 3 atom stereocenters. The zero-order valence-electron chi connectivity index (χ0n) is 16.9. The fourth-order valence-corrected chi connectivity index (χ4v) is 3.56. The van der Waals surface area contributed by atoms with Crippen LogP contribution in [0.25, 0.3) is 0 Å². The molecule has 1 N–H and O–H groups in total. The molecule has 1 fully saturated rings. The lowest BCUT2D eigenvalue weighted by molar-refractivity contribution is -0.193. The summed E-state index contributed by atoms with van der Waals surface area (Å²) in [6, 6.07) is 1.14. The van der Waals surface area contributed by atoms with Crippen molar-refractivity contribution >= 4 is 17.7 Å². The number of aliphatic hydroxyl groups excluding tert-OH is 1. The Bertz CT molecular complexity index is 755. The van der Waals surface area contributed by atoms with E-state index < -0.39 is 24.2 Å². The third kappa shape index (κ3) is 4.32. The highest BCUT2D eigenvalue weighted by Gasteiger charge is 2.53. The van der Waals surface area contributed by atoms with Gasteiger partial charge >= 0.3 is 5.97 Å². The minimum atomic E-state index is -1.74. The summed E-state index contributed by atoms with van der Waals surface area (Å²) in [7, 11) is 0. The van der Waals surface area contributed by atoms with Gasteiger partial charge in [-0.05, 0) is 25.3 Å². The standard InChI is InChI=1S/C20H29N3O5/c1-6-8-22-13(5)10-14(21-22)16(24)11-15-17(12(3)4)18(25)23(15)19(26)20(27)28-9-7-2/h7,10,12,15,17,19,26H,2,6,8-9,11H2,1,3-5H3/t15-,17-,19?/m1/s1. The van der Waals surface area contributed by atoms with Crippen molar-refractivity contribution in [3.63, 3.8) is 0 Å². The lowest BCUT2D eigenvalue weighted by Gasteiger charge is -2.50. The average Bonchev–Trinajstić information content (AvgIpc) is 2.99. The first kappa shape index (κ1) is 21.8. The van der Waals surface area contributed by atoms with Crippen LogP contribution in [-0.4, -0.2) is 56.3 Å². The third-order valence-corrected chi connectivity index (χ3v) is 4.94. The van der Waals surface area contributed by atoms with E-state index in [2.05, 4.69) is 11.7 Å². The molecule has 0 radical (unpaired) electrons. The Hall–Kier alpha value is -2.48. The number of ether oxygens (including phenoxy) is 1. The molecule has 1 aliphatic heterocycles. The van der Waals surface area contributed by atoms with Crippen LogP contribution in [0.15, 0.2) is 18.7 Å². The monoisotopic (exact) mass is 391 g/mol. The molecular formula is C20H29N3O5. The molecule has 0 saturated carbocycles. The van der Waals surface area contributed by atoms with Crippen LogP contribution in [-0.2, 0) is 20.9 Å². The molecule has 0 aromatic carbocycles. The Kier molecular flexibility index (Phi) is 7.12. The Morgan fingerprint density at radius 1 is 1.43 bits per heavy atom. The van der Waals surface area contributed by atoms with E-state index in [0.29, 0.717) is 5.69 Å². The van der Waals surface area contributed by atoms with E-state index in [1.165, 1.54) is 6.08 Å². The fourth-order valence-electron chi connectivity index (χ4n) is 3.56. The molecule has 1 amide bonds. The maximum Gasteiger partial charge on any atom is 0.356 e. The summed E-state index contributed by atoms with van der Waals surface area (Å²) in [4.78, 5) is 38.3. The van der Waals surface area contributed by atoms with Crippen molar-refractivity contribution in [1.29, 1.82) is 0 Å². The topological polar surface area (TPSA) is 102 Å². The van der Waals surface area contributed by atoms with Gasteiger partial charge in [0, 0.05) is 18.7 Å². The van der Waals surface area contributed by atoms with Crippen LogP contribution >= 0.6 is 0 Å². The number of β-lactam (4-membered cyclic amide) rings is 1. The first-order valence-corrected chi connectivity index (χ1v) is 9.58. The summed E-state index contributed by atoms with van der Waals surface area (Å²) in [5.74, 6) is -1.99. The number of aryl methyl sites for hydroxylation is 2. The van der Waals surface area contributed by atoms with Gasteiger partial charge in [-0.15, -0.1) is 0 Å². The molecule has 1 saturated heterocycles. The van der Waals surface area contributed by atoms with E-state index in [4.69, 9.17) is 4.74 Å². The Labute approximate surface area is 165 Å². The highest BCUT2D eigenvalue weighted by Crippen LogP contribution is 2.37. The van der Waals surface area contributed by atoms with E-state index in [1.807, 2.05) is 27.7 Å². The van der Waals surface area contributed by atoms with Crippen molar-refractivity contribution in [2.75, 3.05) is 6.61 Å². The highest BCUT2D eigenvalue weighted by molar-refractivity contribution is 5.98. The molecule has 28 heavy (non-hydrogen) atoms. The number of ketones is 1. The van der Waals surface area contributed by atoms with E-state index in [9.17, 15) is 19.5 Å². The minimum Gasteiger partial charge on any atom is -0.458 e. The predicted molar refractivity (Wildman–Crippen MR) is 102 cm³/mol. The van der Waals surface area contributed by atoms with Crippen LogP contribution in [0.2, 0.25) is 0 Å². The number of carbonyl (C=O) groups excluding carboxylic acids is 3. The number of rotatable bonds is 10. The predicted octanol–water partition coefficient (Wildman–Crippen LogP) is 1.70. The molecule has 8 nitrogen and oxygen atoms in total. The number of Topliss-reactive ketones (excluding diaryl/α,β-unsaturated/α-hetero) is 1. The van der Waals surface area contributed by atoms with Gasteiger partial charge in [0.05, 0.1) is 12.0 Å². The molecule has 154 valence electrons.